The van der Waals surface area contributed by atoms with Crippen molar-refractivity contribution in [3.05, 3.63) is 24.4 Å². The van der Waals surface area contributed by atoms with Crippen molar-refractivity contribution in [2.24, 2.45) is 0 Å². The molecule has 2 atom stereocenters. The highest BCUT2D eigenvalue weighted by molar-refractivity contribution is 7.84. The zero-order chi connectivity index (χ0) is 11.5. The van der Waals surface area contributed by atoms with Gasteiger partial charge in [-0.15, -0.1) is 5.10 Å². The van der Waals surface area contributed by atoms with Crippen molar-refractivity contribution in [1.29, 1.82) is 0 Å². The maximum absolute atomic E-state index is 11.2. The summed E-state index contributed by atoms with van der Waals surface area (Å²) in [6.07, 6.45) is 3.54. The molecule has 0 saturated heterocycles. The first-order valence-electron chi connectivity index (χ1n) is 5.04. The van der Waals surface area contributed by atoms with Gasteiger partial charge in [-0.1, -0.05) is 6.07 Å². The molecular formula is C10H14N4OS. The molecule has 0 saturated carbocycles. The topological polar surface area (TPSA) is 59.3 Å². The SMILES string of the molecule is CC(CNc1nc2ccccn2n1)S(C)=O. The molecule has 16 heavy (non-hydrogen) atoms. The van der Waals surface area contributed by atoms with Crippen molar-refractivity contribution in [2.45, 2.75) is 12.2 Å². The molecule has 2 rings (SSSR count). The Kier molecular flexibility index (Phi) is 3.19. The molecule has 0 amide bonds. The van der Waals surface area contributed by atoms with Crippen LogP contribution in [0.15, 0.2) is 24.4 Å². The van der Waals surface area contributed by atoms with Crippen molar-refractivity contribution in [2.75, 3.05) is 18.1 Å². The van der Waals surface area contributed by atoms with Gasteiger partial charge in [0, 0.05) is 35.0 Å². The number of nitrogens with one attached hydrogen (secondary N) is 1. The Morgan fingerprint density at radius 3 is 3.06 bits per heavy atom. The van der Waals surface area contributed by atoms with Gasteiger partial charge in [0.1, 0.15) is 0 Å². The lowest BCUT2D eigenvalue weighted by Crippen LogP contribution is -2.21. The van der Waals surface area contributed by atoms with Gasteiger partial charge in [0.15, 0.2) is 5.65 Å². The van der Waals surface area contributed by atoms with E-state index in [9.17, 15) is 4.21 Å². The lowest BCUT2D eigenvalue weighted by molar-refractivity contribution is 0.678. The van der Waals surface area contributed by atoms with Crippen molar-refractivity contribution >= 4 is 22.4 Å². The summed E-state index contributed by atoms with van der Waals surface area (Å²) in [5, 5.41) is 7.41. The predicted octanol–water partition coefficient (Wildman–Crippen LogP) is 0.908. The summed E-state index contributed by atoms with van der Waals surface area (Å²) in [5.74, 6) is 0.573. The van der Waals surface area contributed by atoms with Crippen LogP contribution in [0, 0.1) is 0 Å². The second-order valence-electron chi connectivity index (χ2n) is 3.63. The minimum Gasteiger partial charge on any atom is -0.352 e. The molecule has 6 heteroatoms. The van der Waals surface area contributed by atoms with E-state index in [4.69, 9.17) is 0 Å². The molecular weight excluding hydrogens is 224 g/mol. The average molecular weight is 238 g/mol. The van der Waals surface area contributed by atoms with Crippen molar-refractivity contribution in [3.8, 4) is 0 Å². The van der Waals surface area contributed by atoms with E-state index in [0.29, 0.717) is 12.5 Å². The van der Waals surface area contributed by atoms with Gasteiger partial charge < -0.3 is 5.32 Å². The molecule has 2 aromatic rings. The normalized spacial score (nSPS) is 14.9. The predicted molar refractivity (Wildman–Crippen MR) is 65.0 cm³/mol. The van der Waals surface area contributed by atoms with Gasteiger partial charge in [-0.25, -0.2) is 4.52 Å². The summed E-state index contributed by atoms with van der Waals surface area (Å²) in [6, 6.07) is 5.70. The highest BCUT2D eigenvalue weighted by Gasteiger charge is 2.07. The van der Waals surface area contributed by atoms with E-state index in [1.807, 2.05) is 31.3 Å². The first-order chi connectivity index (χ1) is 7.66. The molecule has 0 aromatic carbocycles. The first kappa shape index (κ1) is 11.1. The van der Waals surface area contributed by atoms with Crippen LogP contribution >= 0.6 is 0 Å². The van der Waals surface area contributed by atoms with E-state index >= 15 is 0 Å². The summed E-state index contributed by atoms with van der Waals surface area (Å²) in [5.41, 5.74) is 0.801. The van der Waals surface area contributed by atoms with Crippen LogP contribution < -0.4 is 5.32 Å². The van der Waals surface area contributed by atoms with E-state index in [2.05, 4.69) is 15.4 Å². The highest BCUT2D eigenvalue weighted by atomic mass is 32.2. The zero-order valence-electron chi connectivity index (χ0n) is 9.25. The largest absolute Gasteiger partial charge is 0.352 e. The summed E-state index contributed by atoms with van der Waals surface area (Å²) in [6.45, 7) is 2.54. The van der Waals surface area contributed by atoms with Crippen LogP contribution in [0.4, 0.5) is 5.95 Å². The number of anilines is 1. The van der Waals surface area contributed by atoms with Crippen molar-refractivity contribution < 1.29 is 4.21 Å². The van der Waals surface area contributed by atoms with Crippen LogP contribution in [0.3, 0.4) is 0 Å². The third-order valence-electron chi connectivity index (χ3n) is 2.36. The van der Waals surface area contributed by atoms with Crippen LogP contribution in [0.2, 0.25) is 0 Å². The lowest BCUT2D eigenvalue weighted by atomic mass is 10.5. The molecule has 0 fully saturated rings. The van der Waals surface area contributed by atoms with Crippen LogP contribution in [0.1, 0.15) is 6.92 Å². The van der Waals surface area contributed by atoms with Gasteiger partial charge in [-0.05, 0) is 19.1 Å². The van der Waals surface area contributed by atoms with Gasteiger partial charge >= 0.3 is 0 Å². The van der Waals surface area contributed by atoms with E-state index in [1.165, 1.54) is 0 Å². The first-order valence-corrected chi connectivity index (χ1v) is 6.66. The van der Waals surface area contributed by atoms with Crippen LogP contribution in [0.5, 0.6) is 0 Å². The fourth-order valence-electron chi connectivity index (χ4n) is 1.26. The average Bonchev–Trinajstić information content (AvgIpc) is 2.68. The Labute approximate surface area is 96.3 Å². The Bertz CT molecular complexity index is 477. The second kappa shape index (κ2) is 4.61. The standard InChI is InChI=1S/C10H14N4OS/c1-8(16(2)15)7-11-10-12-9-5-3-4-6-14(9)13-10/h3-6,8H,7H2,1-2H3,(H,11,13). The smallest absolute Gasteiger partial charge is 0.243 e. The Balaban J connectivity index is 2.07. The van der Waals surface area contributed by atoms with Gasteiger partial charge in [0.25, 0.3) is 0 Å². The van der Waals surface area contributed by atoms with Crippen LogP contribution in [0.25, 0.3) is 5.65 Å². The maximum Gasteiger partial charge on any atom is 0.243 e. The highest BCUT2D eigenvalue weighted by Crippen LogP contribution is 2.04. The third-order valence-corrected chi connectivity index (χ3v) is 3.66. The number of hydrogen-bond donors (Lipinski definition) is 1. The minimum atomic E-state index is -0.827. The number of aromatic nitrogens is 3. The fraction of sp³-hybridized carbons (Fsp3) is 0.400. The van der Waals surface area contributed by atoms with Gasteiger partial charge in [-0.3, -0.25) is 4.21 Å². The lowest BCUT2D eigenvalue weighted by Gasteiger charge is -2.07. The third kappa shape index (κ3) is 2.38. The monoisotopic (exact) mass is 238 g/mol. The molecule has 0 spiro atoms. The molecule has 0 bridgehead atoms. The molecule has 2 heterocycles. The number of fused-ring (bicyclic) bond motifs is 1. The molecule has 0 radical (unpaired) electrons. The second-order valence-corrected chi connectivity index (χ2v) is 5.43. The quantitative estimate of drug-likeness (QED) is 0.860. The van der Waals surface area contributed by atoms with E-state index in [1.54, 1.807) is 10.8 Å². The fourth-order valence-corrected chi connectivity index (χ4v) is 1.58. The summed E-state index contributed by atoms with van der Waals surface area (Å²) in [7, 11) is -0.827. The van der Waals surface area contributed by atoms with Crippen LogP contribution in [-0.4, -0.2) is 36.9 Å². The molecule has 0 aliphatic rings. The maximum atomic E-state index is 11.2. The molecule has 0 aliphatic heterocycles. The molecule has 86 valence electrons. The van der Waals surface area contributed by atoms with Crippen LogP contribution in [-0.2, 0) is 10.8 Å². The molecule has 0 aliphatic carbocycles. The number of nitrogens with zero attached hydrogens (tertiary/aromatic N) is 3. The molecule has 1 N–H and O–H groups in total. The number of pyridine rings is 1. The Morgan fingerprint density at radius 1 is 1.56 bits per heavy atom. The minimum absolute atomic E-state index is 0.0895. The van der Waals surface area contributed by atoms with Gasteiger partial charge in [0.05, 0.1) is 0 Å². The molecule has 2 aromatic heterocycles. The van der Waals surface area contributed by atoms with E-state index < -0.39 is 10.8 Å². The summed E-state index contributed by atoms with van der Waals surface area (Å²) >= 11 is 0. The Morgan fingerprint density at radius 2 is 2.38 bits per heavy atom. The van der Waals surface area contributed by atoms with E-state index in [-0.39, 0.29) is 5.25 Å². The van der Waals surface area contributed by atoms with E-state index in [0.717, 1.165) is 5.65 Å². The molecule has 5 nitrogen and oxygen atoms in total. The van der Waals surface area contributed by atoms with Crippen molar-refractivity contribution in [3.63, 3.8) is 0 Å². The van der Waals surface area contributed by atoms with Gasteiger partial charge in [0.2, 0.25) is 5.95 Å². The number of rotatable bonds is 4. The van der Waals surface area contributed by atoms with Crippen molar-refractivity contribution in [1.82, 2.24) is 14.6 Å². The Hall–Kier alpha value is -1.43. The number of hydrogen-bond acceptors (Lipinski definition) is 4. The summed E-state index contributed by atoms with van der Waals surface area (Å²) < 4.78 is 12.9. The molecule has 2 unspecified atom stereocenters. The van der Waals surface area contributed by atoms with Gasteiger partial charge in [-0.2, -0.15) is 4.98 Å². The zero-order valence-corrected chi connectivity index (χ0v) is 10.1. The summed E-state index contributed by atoms with van der Waals surface area (Å²) in [4.78, 5) is 4.29.